The summed E-state index contributed by atoms with van der Waals surface area (Å²) in [5.74, 6) is 1.02. The van der Waals surface area contributed by atoms with Crippen molar-refractivity contribution in [1.82, 2.24) is 15.1 Å². The molecule has 1 N–H and O–H groups in total. The quantitative estimate of drug-likeness (QED) is 0.479. The number of nitrogens with one attached hydrogen (secondary N) is 1. The van der Waals surface area contributed by atoms with Gasteiger partial charge in [-0.05, 0) is 63.7 Å². The van der Waals surface area contributed by atoms with Gasteiger partial charge in [-0.15, -0.1) is 0 Å². The summed E-state index contributed by atoms with van der Waals surface area (Å²) < 4.78 is 12.0. The maximum atomic E-state index is 6.18. The highest BCUT2D eigenvalue weighted by molar-refractivity contribution is 5.80. The van der Waals surface area contributed by atoms with Crippen molar-refractivity contribution < 1.29 is 9.47 Å². The Hall–Kier alpha value is -1.63. The number of rotatable bonds is 9. The van der Waals surface area contributed by atoms with E-state index in [2.05, 4.69) is 60.3 Å². The van der Waals surface area contributed by atoms with Gasteiger partial charge in [-0.3, -0.25) is 0 Å². The van der Waals surface area contributed by atoms with Crippen LogP contribution in [0, 0.1) is 0 Å². The number of benzene rings is 1. The molecule has 1 aromatic carbocycles. The highest BCUT2D eigenvalue weighted by atomic mass is 16.5. The lowest BCUT2D eigenvalue weighted by Gasteiger charge is -2.35. The summed E-state index contributed by atoms with van der Waals surface area (Å²) in [6, 6.07) is 8.81. The van der Waals surface area contributed by atoms with Gasteiger partial charge < -0.3 is 24.6 Å². The fraction of sp³-hybridized carbons (Fsp3) is 0.720. The minimum absolute atomic E-state index is 0.304. The first-order valence-corrected chi connectivity index (χ1v) is 12.2. The van der Waals surface area contributed by atoms with Crippen LogP contribution in [0.2, 0.25) is 0 Å². The summed E-state index contributed by atoms with van der Waals surface area (Å²) in [5.41, 5.74) is 2.62. The number of aliphatic imine (C=N–C) groups is 1. The first-order valence-electron chi connectivity index (χ1n) is 12.2. The van der Waals surface area contributed by atoms with Crippen molar-refractivity contribution in [2.45, 2.75) is 71.2 Å². The van der Waals surface area contributed by atoms with Crippen molar-refractivity contribution in [3.8, 4) is 0 Å². The van der Waals surface area contributed by atoms with E-state index in [-0.39, 0.29) is 0 Å². The van der Waals surface area contributed by atoms with Crippen molar-refractivity contribution >= 4 is 5.96 Å². The van der Waals surface area contributed by atoms with E-state index in [1.54, 1.807) is 0 Å². The molecule has 0 amide bonds. The van der Waals surface area contributed by atoms with Gasteiger partial charge in [0.25, 0.3) is 0 Å². The molecule has 0 aliphatic carbocycles. The molecule has 0 saturated carbocycles. The van der Waals surface area contributed by atoms with E-state index >= 15 is 0 Å². The number of ether oxygens (including phenoxy) is 2. The molecule has 2 fully saturated rings. The standard InChI is InChI=1S/C25H42N4O2/c1-4-26-25(27-18-21-9-8-10-22(17-21)19-28(3)5-2)29-14-12-23(13-15-29)31-20-24-11-6-7-16-30-24/h8-10,17,23-24H,4-7,11-16,18-20H2,1-3H3,(H,26,27). The van der Waals surface area contributed by atoms with Crippen LogP contribution >= 0.6 is 0 Å². The maximum Gasteiger partial charge on any atom is 0.194 e. The number of likely N-dealkylation sites (tertiary alicyclic amines) is 1. The molecule has 0 spiro atoms. The Morgan fingerprint density at radius 3 is 2.71 bits per heavy atom. The Balaban J connectivity index is 1.49. The van der Waals surface area contributed by atoms with Crippen molar-refractivity contribution in [2.24, 2.45) is 4.99 Å². The van der Waals surface area contributed by atoms with E-state index in [1.165, 1.54) is 24.0 Å². The monoisotopic (exact) mass is 430 g/mol. The van der Waals surface area contributed by atoms with Gasteiger partial charge in [-0.1, -0.05) is 31.2 Å². The van der Waals surface area contributed by atoms with Crippen LogP contribution < -0.4 is 5.32 Å². The zero-order chi connectivity index (χ0) is 21.9. The molecular formula is C25H42N4O2. The molecule has 6 heteroatoms. The van der Waals surface area contributed by atoms with Crippen molar-refractivity contribution in [2.75, 3.05) is 46.4 Å². The molecule has 31 heavy (non-hydrogen) atoms. The topological polar surface area (TPSA) is 49.3 Å². The summed E-state index contributed by atoms with van der Waals surface area (Å²) in [7, 11) is 2.16. The Morgan fingerprint density at radius 1 is 1.19 bits per heavy atom. The summed E-state index contributed by atoms with van der Waals surface area (Å²) in [5, 5.41) is 3.48. The molecule has 0 radical (unpaired) electrons. The molecule has 2 saturated heterocycles. The lowest BCUT2D eigenvalue weighted by Crippen LogP contribution is -2.47. The molecule has 1 unspecified atom stereocenters. The van der Waals surface area contributed by atoms with E-state index in [0.717, 1.165) is 71.2 Å². The van der Waals surface area contributed by atoms with Crippen LogP contribution in [-0.4, -0.2) is 74.4 Å². The van der Waals surface area contributed by atoms with Gasteiger partial charge in [0.05, 0.1) is 25.4 Å². The van der Waals surface area contributed by atoms with Crippen molar-refractivity contribution in [1.29, 1.82) is 0 Å². The molecule has 2 aliphatic heterocycles. The number of hydrogen-bond acceptors (Lipinski definition) is 4. The molecule has 2 heterocycles. The van der Waals surface area contributed by atoms with Crippen LogP contribution in [0.3, 0.4) is 0 Å². The summed E-state index contributed by atoms with van der Waals surface area (Å²) >= 11 is 0. The van der Waals surface area contributed by atoms with Crippen LogP contribution in [0.5, 0.6) is 0 Å². The van der Waals surface area contributed by atoms with Crippen LogP contribution in [0.1, 0.15) is 57.1 Å². The second kappa shape index (κ2) is 13.0. The lowest BCUT2D eigenvalue weighted by molar-refractivity contribution is -0.0721. The highest BCUT2D eigenvalue weighted by Crippen LogP contribution is 2.18. The molecule has 2 aliphatic rings. The van der Waals surface area contributed by atoms with E-state index in [4.69, 9.17) is 14.5 Å². The van der Waals surface area contributed by atoms with E-state index in [1.807, 2.05) is 0 Å². The van der Waals surface area contributed by atoms with E-state index in [9.17, 15) is 0 Å². The Kier molecular flexibility index (Phi) is 10.1. The van der Waals surface area contributed by atoms with Gasteiger partial charge in [0.15, 0.2) is 5.96 Å². The van der Waals surface area contributed by atoms with Gasteiger partial charge in [0.1, 0.15) is 0 Å². The summed E-state index contributed by atoms with van der Waals surface area (Å²) in [6.07, 6.45) is 6.36. The average molecular weight is 431 g/mol. The zero-order valence-electron chi connectivity index (χ0n) is 19.8. The number of guanidine groups is 1. The van der Waals surface area contributed by atoms with Crippen molar-refractivity contribution in [3.63, 3.8) is 0 Å². The van der Waals surface area contributed by atoms with Crippen molar-refractivity contribution in [3.05, 3.63) is 35.4 Å². The van der Waals surface area contributed by atoms with Gasteiger partial charge in [0.2, 0.25) is 0 Å². The lowest BCUT2D eigenvalue weighted by atomic mass is 10.1. The third kappa shape index (κ3) is 8.09. The minimum atomic E-state index is 0.304. The Labute approximate surface area is 189 Å². The molecule has 0 bridgehead atoms. The smallest absolute Gasteiger partial charge is 0.194 e. The summed E-state index contributed by atoms with van der Waals surface area (Å²) in [6.45, 7) is 11.6. The second-order valence-electron chi connectivity index (χ2n) is 8.83. The maximum absolute atomic E-state index is 6.18. The first kappa shape index (κ1) is 24.0. The minimum Gasteiger partial charge on any atom is -0.376 e. The number of nitrogens with zero attached hydrogens (tertiary/aromatic N) is 3. The average Bonchev–Trinajstić information content (AvgIpc) is 2.81. The molecule has 1 aromatic rings. The van der Waals surface area contributed by atoms with Gasteiger partial charge in [0, 0.05) is 32.8 Å². The van der Waals surface area contributed by atoms with E-state index < -0.39 is 0 Å². The Bertz CT molecular complexity index is 667. The van der Waals surface area contributed by atoms with Gasteiger partial charge in [-0.25, -0.2) is 4.99 Å². The van der Waals surface area contributed by atoms with Crippen LogP contribution in [-0.2, 0) is 22.6 Å². The molecule has 174 valence electrons. The predicted molar refractivity (Wildman–Crippen MR) is 127 cm³/mol. The molecule has 1 atom stereocenters. The van der Waals surface area contributed by atoms with Crippen LogP contribution in [0.4, 0.5) is 0 Å². The van der Waals surface area contributed by atoms with E-state index in [0.29, 0.717) is 18.8 Å². The Morgan fingerprint density at radius 2 is 2.00 bits per heavy atom. The zero-order valence-corrected chi connectivity index (χ0v) is 19.8. The highest BCUT2D eigenvalue weighted by Gasteiger charge is 2.23. The third-order valence-electron chi connectivity index (χ3n) is 6.26. The van der Waals surface area contributed by atoms with Crippen LogP contribution in [0.15, 0.2) is 29.3 Å². The third-order valence-corrected chi connectivity index (χ3v) is 6.26. The molecular weight excluding hydrogens is 388 g/mol. The predicted octanol–water partition coefficient (Wildman–Crippen LogP) is 3.65. The molecule has 0 aromatic heterocycles. The fourth-order valence-electron chi connectivity index (χ4n) is 4.26. The first-order chi connectivity index (χ1) is 15.2. The fourth-order valence-corrected chi connectivity index (χ4v) is 4.26. The van der Waals surface area contributed by atoms with Gasteiger partial charge >= 0.3 is 0 Å². The SMILES string of the molecule is CCNC(=NCc1cccc(CN(C)CC)c1)N1CCC(OCC2CCCCO2)CC1. The number of piperidine rings is 1. The second-order valence-corrected chi connectivity index (χ2v) is 8.83. The molecule has 6 nitrogen and oxygen atoms in total. The van der Waals surface area contributed by atoms with Crippen LogP contribution in [0.25, 0.3) is 0 Å². The normalized spacial score (nSPS) is 21.0. The summed E-state index contributed by atoms with van der Waals surface area (Å²) in [4.78, 5) is 9.65. The largest absolute Gasteiger partial charge is 0.376 e. The van der Waals surface area contributed by atoms with Gasteiger partial charge in [-0.2, -0.15) is 0 Å². The molecule has 3 rings (SSSR count). The number of hydrogen-bond donors (Lipinski definition) is 1.